The maximum absolute atomic E-state index is 13.1. The van der Waals surface area contributed by atoms with E-state index in [1.54, 1.807) is 31.2 Å². The lowest BCUT2D eigenvalue weighted by molar-refractivity contribution is -0.383. The highest BCUT2D eigenvalue weighted by molar-refractivity contribution is 5.91. The van der Waals surface area contributed by atoms with Gasteiger partial charge in [-0.05, 0) is 31.0 Å². The number of benzene rings is 1. The lowest BCUT2D eigenvalue weighted by atomic mass is 9.86. The van der Waals surface area contributed by atoms with E-state index in [0.29, 0.717) is 34.5 Å². The number of ether oxygens (including phenoxy) is 2. The molecule has 0 radical (unpaired) electrons. The second-order valence-electron chi connectivity index (χ2n) is 10.0. The molecule has 3 aromatic rings. The number of carbonyl (C=O) groups is 2. The van der Waals surface area contributed by atoms with Gasteiger partial charge < -0.3 is 24.9 Å². The van der Waals surface area contributed by atoms with E-state index in [9.17, 15) is 29.6 Å². The van der Waals surface area contributed by atoms with Gasteiger partial charge in [0.1, 0.15) is 6.61 Å². The average Bonchev–Trinajstić information content (AvgIpc) is 3.33. The van der Waals surface area contributed by atoms with E-state index in [0.717, 1.165) is 12.8 Å². The number of non-ortho nitro benzene ring substituents is 1. The van der Waals surface area contributed by atoms with Crippen LogP contribution in [0.1, 0.15) is 69.1 Å². The molecule has 1 aromatic carbocycles. The number of nitro groups is 1. The summed E-state index contributed by atoms with van der Waals surface area (Å²) in [5, 5.41) is 22.6. The van der Waals surface area contributed by atoms with Crippen molar-refractivity contribution >= 4 is 28.5 Å². The SMILES string of the molecule is CCCCCCCOC(=O)CN.CC[C@@]1(O)C(=O)OCc2c1cc1n(c2=O)Cc2cc3c([N+](=O)[O-])cccc3nc2-1. The first kappa shape index (κ1) is 29.8. The fourth-order valence-electron chi connectivity index (χ4n) is 5.10. The molecule has 12 nitrogen and oxygen atoms in total. The number of fused-ring (bicyclic) bond motifs is 5. The minimum absolute atomic E-state index is 0.00500. The zero-order valence-electron chi connectivity index (χ0n) is 23.2. The number of hydrogen-bond acceptors (Lipinski definition) is 10. The third-order valence-electron chi connectivity index (χ3n) is 7.40. The van der Waals surface area contributed by atoms with E-state index in [1.165, 1.54) is 29.9 Å². The summed E-state index contributed by atoms with van der Waals surface area (Å²) in [6, 6.07) is 7.92. The molecule has 12 heteroatoms. The van der Waals surface area contributed by atoms with Crippen molar-refractivity contribution in [1.82, 2.24) is 9.55 Å². The molecule has 2 aromatic heterocycles. The molecule has 5 rings (SSSR count). The third kappa shape index (κ3) is 5.84. The number of hydrogen-bond donors (Lipinski definition) is 2. The fourth-order valence-corrected chi connectivity index (χ4v) is 5.10. The summed E-state index contributed by atoms with van der Waals surface area (Å²) in [5.41, 5.74) is 5.30. The summed E-state index contributed by atoms with van der Waals surface area (Å²) in [7, 11) is 0. The van der Waals surface area contributed by atoms with Gasteiger partial charge in [0, 0.05) is 17.2 Å². The summed E-state index contributed by atoms with van der Waals surface area (Å²) in [5.74, 6) is -1.08. The molecule has 0 spiro atoms. The topological polar surface area (TPSA) is 177 Å². The molecule has 0 bridgehead atoms. The molecule has 41 heavy (non-hydrogen) atoms. The van der Waals surface area contributed by atoms with E-state index in [2.05, 4.69) is 11.9 Å². The van der Waals surface area contributed by atoms with Crippen molar-refractivity contribution in [2.45, 2.75) is 71.1 Å². The number of unbranched alkanes of at least 4 members (excludes halogenated alkanes) is 4. The molecule has 218 valence electrons. The van der Waals surface area contributed by atoms with Crippen LogP contribution in [0.3, 0.4) is 0 Å². The first-order valence-electron chi connectivity index (χ1n) is 13.8. The van der Waals surface area contributed by atoms with Gasteiger partial charge in [-0.3, -0.25) is 19.7 Å². The van der Waals surface area contributed by atoms with Crippen molar-refractivity contribution in [1.29, 1.82) is 0 Å². The second kappa shape index (κ2) is 12.6. The van der Waals surface area contributed by atoms with E-state index in [1.807, 2.05) is 0 Å². The molecule has 0 fully saturated rings. The summed E-state index contributed by atoms with van der Waals surface area (Å²) < 4.78 is 11.3. The Kier molecular flexibility index (Phi) is 9.14. The standard InChI is InChI=1S/C20H15N3O6.C9H19NO2/c1-2-20(26)13-7-16-17-10(8-22(16)18(24)12(13)9-29-19(20)25)6-11-14(21-17)4-3-5-15(11)23(27)28;1-2-3-4-5-6-7-12-9(11)8-10/h3-7,26H,2,8-9H2,1H3;2-8,10H2,1H3/t20-;/m0./s1. The number of nitrogens with zero attached hydrogens (tertiary/aromatic N) is 3. The second-order valence-corrected chi connectivity index (χ2v) is 10.0. The number of carbonyl (C=O) groups excluding carboxylic acids is 2. The minimum Gasteiger partial charge on any atom is -0.465 e. The van der Waals surface area contributed by atoms with Crippen LogP contribution >= 0.6 is 0 Å². The fraction of sp³-hybridized carbons (Fsp3) is 0.448. The Balaban J connectivity index is 0.000000275. The summed E-state index contributed by atoms with van der Waals surface area (Å²) in [6.07, 6.45) is 5.91. The van der Waals surface area contributed by atoms with Crippen molar-refractivity contribution in [3.05, 3.63) is 67.5 Å². The maximum atomic E-state index is 13.1. The highest BCUT2D eigenvalue weighted by Gasteiger charge is 2.45. The molecule has 0 saturated carbocycles. The Morgan fingerprint density at radius 2 is 1.98 bits per heavy atom. The van der Waals surface area contributed by atoms with E-state index in [4.69, 9.17) is 15.2 Å². The molecular formula is C29H34N4O8. The summed E-state index contributed by atoms with van der Waals surface area (Å²) in [6.45, 7) is 4.33. The highest BCUT2D eigenvalue weighted by atomic mass is 16.6. The van der Waals surface area contributed by atoms with Gasteiger partial charge in [-0.2, -0.15) is 0 Å². The molecule has 2 aliphatic heterocycles. The smallest absolute Gasteiger partial charge is 0.343 e. The number of nitrogens with two attached hydrogens (primary N) is 1. The van der Waals surface area contributed by atoms with Gasteiger partial charge in [0.2, 0.25) is 0 Å². The Hall–Kier alpha value is -4.16. The number of rotatable bonds is 9. The van der Waals surface area contributed by atoms with Crippen molar-refractivity contribution in [2.75, 3.05) is 13.2 Å². The van der Waals surface area contributed by atoms with Gasteiger partial charge in [-0.1, -0.05) is 45.6 Å². The molecule has 3 N–H and O–H groups in total. The number of aliphatic hydroxyl groups is 1. The van der Waals surface area contributed by atoms with Crippen LogP contribution < -0.4 is 11.3 Å². The number of pyridine rings is 2. The lowest BCUT2D eigenvalue weighted by Gasteiger charge is -2.31. The highest BCUT2D eigenvalue weighted by Crippen LogP contribution is 2.39. The van der Waals surface area contributed by atoms with Crippen LogP contribution in [0.2, 0.25) is 0 Å². The first-order valence-corrected chi connectivity index (χ1v) is 13.8. The number of cyclic esters (lactones) is 1. The van der Waals surface area contributed by atoms with Crippen LogP contribution in [-0.2, 0) is 37.8 Å². The Morgan fingerprint density at radius 1 is 1.22 bits per heavy atom. The molecular weight excluding hydrogens is 532 g/mol. The van der Waals surface area contributed by atoms with Crippen LogP contribution in [0.4, 0.5) is 5.69 Å². The van der Waals surface area contributed by atoms with Gasteiger partial charge >= 0.3 is 11.9 Å². The molecule has 1 atom stereocenters. The quantitative estimate of drug-likeness (QED) is 0.132. The van der Waals surface area contributed by atoms with Crippen molar-refractivity contribution in [3.63, 3.8) is 0 Å². The van der Waals surface area contributed by atoms with Crippen LogP contribution in [0.15, 0.2) is 35.1 Å². The molecule has 2 aliphatic rings. The monoisotopic (exact) mass is 566 g/mol. The van der Waals surface area contributed by atoms with Gasteiger partial charge in [0.25, 0.3) is 11.2 Å². The largest absolute Gasteiger partial charge is 0.465 e. The van der Waals surface area contributed by atoms with Gasteiger partial charge in [-0.15, -0.1) is 0 Å². The van der Waals surface area contributed by atoms with Crippen molar-refractivity contribution in [2.24, 2.45) is 5.73 Å². The Bertz CT molecular complexity index is 1550. The van der Waals surface area contributed by atoms with Crippen LogP contribution in [-0.4, -0.2) is 44.7 Å². The summed E-state index contributed by atoms with van der Waals surface area (Å²) in [4.78, 5) is 51.3. The molecule has 4 heterocycles. The zero-order valence-corrected chi connectivity index (χ0v) is 23.2. The van der Waals surface area contributed by atoms with Gasteiger partial charge in [0.05, 0.1) is 52.5 Å². The van der Waals surface area contributed by atoms with Gasteiger partial charge in [-0.25, -0.2) is 9.78 Å². The Labute approximate surface area is 236 Å². The van der Waals surface area contributed by atoms with E-state index >= 15 is 0 Å². The molecule has 0 unspecified atom stereocenters. The normalized spacial score (nSPS) is 16.6. The zero-order chi connectivity index (χ0) is 29.7. The molecule has 0 aliphatic carbocycles. The van der Waals surface area contributed by atoms with Crippen molar-refractivity contribution in [3.8, 4) is 11.4 Å². The average molecular weight is 567 g/mol. The van der Waals surface area contributed by atoms with Crippen LogP contribution in [0.25, 0.3) is 22.3 Å². The molecule has 0 amide bonds. The number of aromatic nitrogens is 2. The lowest BCUT2D eigenvalue weighted by Crippen LogP contribution is -2.44. The maximum Gasteiger partial charge on any atom is 0.343 e. The minimum atomic E-state index is -1.89. The molecule has 0 saturated heterocycles. The summed E-state index contributed by atoms with van der Waals surface area (Å²) >= 11 is 0. The predicted octanol–water partition coefficient (Wildman–Crippen LogP) is 3.45. The van der Waals surface area contributed by atoms with Crippen LogP contribution in [0.5, 0.6) is 0 Å². The Morgan fingerprint density at radius 3 is 2.66 bits per heavy atom. The van der Waals surface area contributed by atoms with E-state index in [-0.39, 0.29) is 54.5 Å². The third-order valence-corrected chi connectivity index (χ3v) is 7.40. The number of esters is 2. The number of nitro benzene ring substituents is 1. The van der Waals surface area contributed by atoms with E-state index < -0.39 is 16.5 Å². The van der Waals surface area contributed by atoms with Crippen molar-refractivity contribution < 1.29 is 29.1 Å². The first-order chi connectivity index (χ1) is 19.7. The predicted molar refractivity (Wildman–Crippen MR) is 150 cm³/mol. The van der Waals surface area contributed by atoms with Gasteiger partial charge in [0.15, 0.2) is 5.60 Å². The van der Waals surface area contributed by atoms with Crippen LogP contribution in [0, 0.1) is 10.1 Å².